The first-order valence-electron chi connectivity index (χ1n) is 6.15. The Bertz CT molecular complexity index is 678. The summed E-state index contributed by atoms with van der Waals surface area (Å²) in [7, 11) is 0. The van der Waals surface area contributed by atoms with Crippen LogP contribution in [0.25, 0.3) is 0 Å². The van der Waals surface area contributed by atoms with Gasteiger partial charge >= 0.3 is 0 Å². The van der Waals surface area contributed by atoms with Crippen LogP contribution in [0.3, 0.4) is 0 Å². The van der Waals surface area contributed by atoms with Crippen molar-refractivity contribution in [2.45, 2.75) is 13.0 Å². The zero-order chi connectivity index (χ0) is 15.1. The third kappa shape index (κ3) is 3.86. The molecular weight excluding hydrogens is 274 g/mol. The highest BCUT2D eigenvalue weighted by Gasteiger charge is 2.10. The standard InChI is InChI=1S/C16H11F2N2O/c17-16(18)15-8-4-3-6-13(15)10-20-21-11-14-7-2-1-5-12(14)9-19/h1-8,16H,11H2. The van der Waals surface area contributed by atoms with Gasteiger partial charge in [-0.2, -0.15) is 5.26 Å². The Hall–Kier alpha value is -2.74. The molecule has 0 fully saturated rings. The molecule has 2 aromatic rings. The number of hydrogen-bond acceptors (Lipinski definition) is 3. The Morgan fingerprint density at radius 1 is 1.05 bits per heavy atom. The Morgan fingerprint density at radius 3 is 2.43 bits per heavy atom. The van der Waals surface area contributed by atoms with Crippen molar-refractivity contribution < 1.29 is 13.6 Å². The second kappa shape index (κ2) is 7.15. The highest BCUT2D eigenvalue weighted by atomic mass is 19.3. The van der Waals surface area contributed by atoms with Crippen molar-refractivity contribution >= 4 is 6.21 Å². The van der Waals surface area contributed by atoms with Crippen LogP contribution >= 0.6 is 0 Å². The molecule has 0 N–H and O–H groups in total. The van der Waals surface area contributed by atoms with Gasteiger partial charge in [0.1, 0.15) is 12.8 Å². The van der Waals surface area contributed by atoms with Crippen LogP contribution in [0.15, 0.2) is 53.7 Å². The average Bonchev–Trinajstić information content (AvgIpc) is 2.52. The topological polar surface area (TPSA) is 45.4 Å². The first kappa shape index (κ1) is 14.7. The molecule has 0 atom stereocenters. The van der Waals surface area contributed by atoms with Crippen molar-refractivity contribution in [2.24, 2.45) is 5.16 Å². The molecule has 0 aliphatic carbocycles. The number of halogens is 2. The summed E-state index contributed by atoms with van der Waals surface area (Å²) in [6.45, 7) is 0.0770. The van der Waals surface area contributed by atoms with Crippen LogP contribution in [0.4, 0.5) is 8.78 Å². The molecular formula is C16H11F2N2O. The van der Waals surface area contributed by atoms with E-state index in [-0.39, 0.29) is 17.7 Å². The molecule has 0 bridgehead atoms. The molecule has 1 radical (unpaired) electrons. The summed E-state index contributed by atoms with van der Waals surface area (Å²) >= 11 is 0. The molecule has 105 valence electrons. The smallest absolute Gasteiger partial charge is 0.264 e. The van der Waals surface area contributed by atoms with Gasteiger partial charge in [0, 0.05) is 16.7 Å². The van der Waals surface area contributed by atoms with Crippen LogP contribution in [0, 0.1) is 11.3 Å². The molecule has 0 saturated carbocycles. The Kier molecular flexibility index (Phi) is 4.99. The van der Waals surface area contributed by atoms with Crippen molar-refractivity contribution in [1.82, 2.24) is 0 Å². The number of nitriles is 1. The number of alkyl halides is 2. The predicted molar refractivity (Wildman–Crippen MR) is 73.9 cm³/mol. The van der Waals surface area contributed by atoms with Gasteiger partial charge in [-0.25, -0.2) is 8.78 Å². The molecule has 0 heterocycles. The molecule has 0 aliphatic heterocycles. The van der Waals surface area contributed by atoms with E-state index in [1.807, 2.05) is 6.07 Å². The van der Waals surface area contributed by atoms with Crippen LogP contribution in [-0.4, -0.2) is 6.21 Å². The third-order valence-electron chi connectivity index (χ3n) is 2.78. The van der Waals surface area contributed by atoms with Crippen LogP contribution < -0.4 is 0 Å². The maximum Gasteiger partial charge on any atom is 0.264 e. The fourth-order valence-electron chi connectivity index (χ4n) is 1.73. The van der Waals surface area contributed by atoms with Crippen LogP contribution in [-0.2, 0) is 11.4 Å². The van der Waals surface area contributed by atoms with Crippen LogP contribution in [0.5, 0.6) is 0 Å². The predicted octanol–water partition coefficient (Wildman–Crippen LogP) is 3.92. The lowest BCUT2D eigenvalue weighted by molar-refractivity contribution is 0.131. The van der Waals surface area contributed by atoms with Gasteiger partial charge in [-0.15, -0.1) is 0 Å². The fraction of sp³-hybridized carbons (Fsp3) is 0.125. The molecule has 5 heteroatoms. The van der Waals surface area contributed by atoms with E-state index in [1.54, 1.807) is 30.3 Å². The zero-order valence-electron chi connectivity index (χ0n) is 11.0. The summed E-state index contributed by atoms with van der Waals surface area (Å²) in [5, 5.41) is 12.5. The lowest BCUT2D eigenvalue weighted by atomic mass is 10.1. The van der Waals surface area contributed by atoms with Crippen LogP contribution in [0.1, 0.15) is 28.7 Å². The van der Waals surface area contributed by atoms with Gasteiger partial charge in [0.05, 0.1) is 11.6 Å². The second-order valence-electron chi connectivity index (χ2n) is 4.13. The van der Waals surface area contributed by atoms with Gasteiger partial charge in [-0.3, -0.25) is 0 Å². The summed E-state index contributed by atoms with van der Waals surface area (Å²) in [5.41, 5.74) is 1.19. The third-order valence-corrected chi connectivity index (χ3v) is 2.78. The Labute approximate surface area is 121 Å². The molecule has 3 nitrogen and oxygen atoms in total. The number of hydrogen-bond donors (Lipinski definition) is 0. The van der Waals surface area contributed by atoms with Crippen LogP contribution in [0.2, 0.25) is 0 Å². The van der Waals surface area contributed by atoms with Gasteiger partial charge in [0.15, 0.2) is 0 Å². The fourth-order valence-corrected chi connectivity index (χ4v) is 1.73. The molecule has 0 spiro atoms. The molecule has 2 aromatic carbocycles. The first-order chi connectivity index (χ1) is 10.2. The highest BCUT2D eigenvalue weighted by molar-refractivity contribution is 5.81. The van der Waals surface area contributed by atoms with Crippen molar-refractivity contribution in [2.75, 3.05) is 0 Å². The van der Waals surface area contributed by atoms with E-state index in [1.165, 1.54) is 18.2 Å². The summed E-state index contributed by atoms with van der Waals surface area (Å²) in [4.78, 5) is 5.02. The second-order valence-corrected chi connectivity index (χ2v) is 4.13. The van der Waals surface area contributed by atoms with Gasteiger partial charge in [-0.05, 0) is 6.07 Å². The molecule has 21 heavy (non-hydrogen) atoms. The zero-order valence-corrected chi connectivity index (χ0v) is 11.0. The SMILES string of the molecule is N#Cc1ccccc1CO/N=[C]\c1ccccc1C(F)F. The van der Waals surface area contributed by atoms with Crippen molar-refractivity contribution in [3.63, 3.8) is 0 Å². The normalized spacial score (nSPS) is 10.8. The van der Waals surface area contributed by atoms with E-state index in [4.69, 9.17) is 10.1 Å². The number of rotatable bonds is 5. The Morgan fingerprint density at radius 2 is 1.71 bits per heavy atom. The maximum absolute atomic E-state index is 12.7. The quantitative estimate of drug-likeness (QED) is 0.617. The monoisotopic (exact) mass is 285 g/mol. The molecule has 0 saturated heterocycles. The Balaban J connectivity index is 2.02. The van der Waals surface area contributed by atoms with E-state index in [0.29, 0.717) is 11.1 Å². The van der Waals surface area contributed by atoms with Crippen molar-refractivity contribution in [3.8, 4) is 6.07 Å². The maximum atomic E-state index is 12.7. The van der Waals surface area contributed by atoms with Gasteiger partial charge in [-0.1, -0.05) is 47.6 Å². The minimum atomic E-state index is -2.59. The lowest BCUT2D eigenvalue weighted by Gasteiger charge is -2.03. The van der Waals surface area contributed by atoms with Gasteiger partial charge in [0.2, 0.25) is 0 Å². The van der Waals surface area contributed by atoms with E-state index < -0.39 is 6.43 Å². The summed E-state index contributed by atoms with van der Waals surface area (Å²) < 4.78 is 25.5. The summed E-state index contributed by atoms with van der Waals surface area (Å²) in [6.07, 6.45) is -0.152. The summed E-state index contributed by atoms with van der Waals surface area (Å²) in [5.74, 6) is 0. The largest absolute Gasteiger partial charge is 0.390 e. The van der Waals surface area contributed by atoms with E-state index in [0.717, 1.165) is 0 Å². The molecule has 0 aromatic heterocycles. The highest BCUT2D eigenvalue weighted by Crippen LogP contribution is 2.21. The minimum Gasteiger partial charge on any atom is -0.390 e. The first-order valence-corrected chi connectivity index (χ1v) is 6.15. The molecule has 0 amide bonds. The van der Waals surface area contributed by atoms with Crippen molar-refractivity contribution in [3.05, 3.63) is 70.8 Å². The minimum absolute atomic E-state index is 0.0770. The number of nitrogens with zero attached hydrogens (tertiary/aromatic N) is 2. The van der Waals surface area contributed by atoms with E-state index in [9.17, 15) is 8.78 Å². The van der Waals surface area contributed by atoms with Gasteiger partial charge in [0.25, 0.3) is 6.43 Å². The van der Waals surface area contributed by atoms with Gasteiger partial charge < -0.3 is 4.84 Å². The van der Waals surface area contributed by atoms with E-state index >= 15 is 0 Å². The molecule has 0 unspecified atom stereocenters. The number of benzene rings is 2. The molecule has 2 rings (SSSR count). The van der Waals surface area contributed by atoms with E-state index in [2.05, 4.69) is 11.4 Å². The average molecular weight is 285 g/mol. The lowest BCUT2D eigenvalue weighted by Crippen LogP contribution is -1.95. The van der Waals surface area contributed by atoms with Crippen molar-refractivity contribution in [1.29, 1.82) is 5.26 Å². The molecule has 0 aliphatic rings. The summed E-state index contributed by atoms with van der Waals surface area (Å²) in [6, 6.07) is 14.9.